The number of amides is 1. The minimum absolute atomic E-state index is 0.173. The summed E-state index contributed by atoms with van der Waals surface area (Å²) in [6.07, 6.45) is 0. The van der Waals surface area contributed by atoms with E-state index in [0.29, 0.717) is 17.0 Å². The van der Waals surface area contributed by atoms with Crippen LogP contribution in [0.25, 0.3) is 0 Å². The first-order valence-corrected chi connectivity index (χ1v) is 6.41. The zero-order valence-electron chi connectivity index (χ0n) is 11.6. The summed E-state index contributed by atoms with van der Waals surface area (Å²) in [5.74, 6) is 0.372. The highest BCUT2D eigenvalue weighted by atomic mass is 16.5. The molecule has 0 spiro atoms. The van der Waals surface area contributed by atoms with Gasteiger partial charge in [0.05, 0.1) is 18.7 Å². The molecule has 0 radical (unpaired) electrons. The number of anilines is 1. The van der Waals surface area contributed by atoms with E-state index >= 15 is 0 Å². The second kappa shape index (κ2) is 6.10. The normalized spacial score (nSPS) is 11.7. The molecule has 0 bridgehead atoms. The summed E-state index contributed by atoms with van der Waals surface area (Å²) in [6.45, 7) is 1.90. The van der Waals surface area contributed by atoms with Crippen LogP contribution in [0.4, 0.5) is 5.69 Å². The van der Waals surface area contributed by atoms with Gasteiger partial charge < -0.3 is 15.8 Å². The minimum atomic E-state index is -0.182. The highest BCUT2D eigenvalue weighted by Gasteiger charge is 2.16. The lowest BCUT2D eigenvalue weighted by Gasteiger charge is -2.17. The summed E-state index contributed by atoms with van der Waals surface area (Å²) in [6, 6.07) is 14.4. The third kappa shape index (κ3) is 2.91. The number of carbonyl (C=O) groups is 1. The summed E-state index contributed by atoms with van der Waals surface area (Å²) in [5, 5.41) is 2.93. The molecule has 2 rings (SSSR count). The molecule has 2 aromatic rings. The summed E-state index contributed by atoms with van der Waals surface area (Å²) < 4.78 is 5.19. The maximum Gasteiger partial charge on any atom is 0.255 e. The summed E-state index contributed by atoms with van der Waals surface area (Å²) in [7, 11) is 1.55. The molecular formula is C16H18N2O2. The molecule has 1 atom stereocenters. The average molecular weight is 270 g/mol. The van der Waals surface area contributed by atoms with Crippen LogP contribution < -0.4 is 15.8 Å². The molecule has 0 aliphatic heterocycles. The molecule has 0 aliphatic rings. The monoisotopic (exact) mass is 270 g/mol. The maximum atomic E-state index is 12.3. The van der Waals surface area contributed by atoms with E-state index in [4.69, 9.17) is 10.5 Å². The fourth-order valence-electron chi connectivity index (χ4n) is 2.09. The van der Waals surface area contributed by atoms with Gasteiger partial charge in [0.25, 0.3) is 5.91 Å². The molecule has 0 saturated carbocycles. The van der Waals surface area contributed by atoms with Gasteiger partial charge in [0.1, 0.15) is 5.75 Å². The van der Waals surface area contributed by atoms with Crippen molar-refractivity contribution >= 4 is 11.6 Å². The van der Waals surface area contributed by atoms with Gasteiger partial charge in [-0.1, -0.05) is 30.3 Å². The Hall–Kier alpha value is -2.49. The average Bonchev–Trinajstić information content (AvgIpc) is 2.47. The second-order valence-electron chi connectivity index (χ2n) is 4.52. The number of benzene rings is 2. The first-order valence-electron chi connectivity index (χ1n) is 6.41. The Bertz CT molecular complexity index is 611. The molecule has 4 nitrogen and oxygen atoms in total. The molecular weight excluding hydrogens is 252 g/mol. The molecule has 1 amide bonds. The van der Waals surface area contributed by atoms with E-state index in [-0.39, 0.29) is 11.9 Å². The first-order chi connectivity index (χ1) is 9.63. The molecule has 0 heterocycles. The lowest BCUT2D eigenvalue weighted by Crippen LogP contribution is -2.27. The Kier molecular flexibility index (Phi) is 4.25. The van der Waals surface area contributed by atoms with Crippen molar-refractivity contribution in [3.05, 3.63) is 59.7 Å². The second-order valence-corrected chi connectivity index (χ2v) is 4.52. The van der Waals surface area contributed by atoms with Crippen LogP contribution in [0.5, 0.6) is 5.75 Å². The van der Waals surface area contributed by atoms with Crippen LogP contribution in [-0.2, 0) is 0 Å². The summed E-state index contributed by atoms with van der Waals surface area (Å²) in [5.41, 5.74) is 7.99. The highest BCUT2D eigenvalue weighted by Crippen LogP contribution is 2.22. The Morgan fingerprint density at radius 2 is 1.80 bits per heavy atom. The van der Waals surface area contributed by atoms with Gasteiger partial charge >= 0.3 is 0 Å². The maximum absolute atomic E-state index is 12.3. The summed E-state index contributed by atoms with van der Waals surface area (Å²) >= 11 is 0. The van der Waals surface area contributed by atoms with E-state index < -0.39 is 0 Å². The zero-order valence-corrected chi connectivity index (χ0v) is 11.6. The summed E-state index contributed by atoms with van der Waals surface area (Å²) in [4.78, 5) is 12.3. The number of nitrogen functional groups attached to an aromatic ring is 1. The fourth-order valence-corrected chi connectivity index (χ4v) is 2.09. The van der Waals surface area contributed by atoms with Crippen LogP contribution in [0, 0.1) is 0 Å². The van der Waals surface area contributed by atoms with E-state index in [1.54, 1.807) is 25.3 Å². The van der Waals surface area contributed by atoms with Gasteiger partial charge in [-0.3, -0.25) is 4.79 Å². The number of carbonyl (C=O) groups excluding carboxylic acids is 1. The Labute approximate surface area is 118 Å². The highest BCUT2D eigenvalue weighted by molar-refractivity contribution is 5.97. The predicted molar refractivity (Wildman–Crippen MR) is 79.7 cm³/mol. The molecule has 0 aliphatic carbocycles. The third-order valence-corrected chi connectivity index (χ3v) is 3.16. The largest absolute Gasteiger partial charge is 0.496 e. The lowest BCUT2D eigenvalue weighted by molar-refractivity contribution is 0.0937. The van der Waals surface area contributed by atoms with Gasteiger partial charge in [-0.2, -0.15) is 0 Å². The molecule has 0 saturated heterocycles. The first kappa shape index (κ1) is 13.9. The van der Waals surface area contributed by atoms with Crippen LogP contribution in [0.1, 0.15) is 28.9 Å². The standard InChI is InChI=1S/C16H18N2O2/c1-11(12-7-3-5-9-14(12)17)18-16(19)13-8-4-6-10-15(13)20-2/h3-11H,17H2,1-2H3,(H,18,19). The molecule has 4 heteroatoms. The number of rotatable bonds is 4. The van der Waals surface area contributed by atoms with E-state index in [1.165, 1.54) is 0 Å². The van der Waals surface area contributed by atoms with Crippen molar-refractivity contribution in [1.29, 1.82) is 0 Å². The van der Waals surface area contributed by atoms with E-state index in [1.807, 2.05) is 37.3 Å². The molecule has 1 unspecified atom stereocenters. The van der Waals surface area contributed by atoms with Gasteiger partial charge in [-0.15, -0.1) is 0 Å². The smallest absolute Gasteiger partial charge is 0.255 e. The number of hydrogen-bond donors (Lipinski definition) is 2. The van der Waals surface area contributed by atoms with E-state index in [2.05, 4.69) is 5.32 Å². The van der Waals surface area contributed by atoms with Crippen molar-refractivity contribution in [2.45, 2.75) is 13.0 Å². The number of hydrogen-bond acceptors (Lipinski definition) is 3. The Morgan fingerprint density at radius 3 is 2.50 bits per heavy atom. The van der Waals surface area contributed by atoms with E-state index in [9.17, 15) is 4.79 Å². The van der Waals surface area contributed by atoms with Crippen molar-refractivity contribution in [2.75, 3.05) is 12.8 Å². The quantitative estimate of drug-likeness (QED) is 0.840. The third-order valence-electron chi connectivity index (χ3n) is 3.16. The van der Waals surface area contributed by atoms with Crippen LogP contribution in [-0.4, -0.2) is 13.0 Å². The molecule has 0 fully saturated rings. The van der Waals surface area contributed by atoms with Crippen LogP contribution in [0.15, 0.2) is 48.5 Å². The van der Waals surface area contributed by atoms with Crippen molar-refractivity contribution in [3.63, 3.8) is 0 Å². The number of nitrogens with one attached hydrogen (secondary N) is 1. The predicted octanol–water partition coefficient (Wildman–Crippen LogP) is 2.77. The topological polar surface area (TPSA) is 64.3 Å². The van der Waals surface area contributed by atoms with E-state index in [0.717, 1.165) is 5.56 Å². The Balaban J connectivity index is 2.18. The Morgan fingerprint density at radius 1 is 1.15 bits per heavy atom. The van der Waals surface area contributed by atoms with Crippen molar-refractivity contribution in [1.82, 2.24) is 5.32 Å². The van der Waals surface area contributed by atoms with Gasteiger partial charge in [0.2, 0.25) is 0 Å². The number of nitrogens with two attached hydrogens (primary N) is 1. The van der Waals surface area contributed by atoms with Gasteiger partial charge in [0.15, 0.2) is 0 Å². The number of para-hydroxylation sites is 2. The molecule has 20 heavy (non-hydrogen) atoms. The van der Waals surface area contributed by atoms with Crippen molar-refractivity contribution in [2.24, 2.45) is 0 Å². The van der Waals surface area contributed by atoms with Gasteiger partial charge in [0, 0.05) is 5.69 Å². The molecule has 2 aromatic carbocycles. The van der Waals surface area contributed by atoms with Crippen LogP contribution in [0.3, 0.4) is 0 Å². The van der Waals surface area contributed by atoms with Gasteiger partial charge in [-0.05, 0) is 30.7 Å². The van der Waals surface area contributed by atoms with Crippen molar-refractivity contribution < 1.29 is 9.53 Å². The molecule has 3 N–H and O–H groups in total. The zero-order chi connectivity index (χ0) is 14.5. The molecule has 104 valence electrons. The van der Waals surface area contributed by atoms with Crippen molar-refractivity contribution in [3.8, 4) is 5.75 Å². The number of methoxy groups -OCH3 is 1. The van der Waals surface area contributed by atoms with Crippen LogP contribution >= 0.6 is 0 Å². The lowest BCUT2D eigenvalue weighted by atomic mass is 10.1. The van der Waals surface area contributed by atoms with Crippen LogP contribution in [0.2, 0.25) is 0 Å². The number of ether oxygens (including phenoxy) is 1. The SMILES string of the molecule is COc1ccccc1C(=O)NC(C)c1ccccc1N. The minimum Gasteiger partial charge on any atom is -0.496 e. The fraction of sp³-hybridized carbons (Fsp3) is 0.188. The molecule has 0 aromatic heterocycles. The van der Waals surface area contributed by atoms with Gasteiger partial charge in [-0.25, -0.2) is 0 Å².